The number of aryl methyl sites for hydroxylation is 1. The van der Waals surface area contributed by atoms with Crippen LogP contribution in [0.4, 0.5) is 0 Å². The Morgan fingerprint density at radius 2 is 2.06 bits per heavy atom. The Kier molecular flexibility index (Phi) is 4.94. The molecular weight excluding hydrogens is 224 g/mol. The molecule has 3 N–H and O–H groups in total. The van der Waals surface area contributed by atoms with Crippen LogP contribution in [0.2, 0.25) is 0 Å². The molecule has 0 unspecified atom stereocenters. The highest BCUT2D eigenvalue weighted by molar-refractivity contribution is 5.82. The van der Waals surface area contributed by atoms with Crippen LogP contribution in [0.5, 0.6) is 0 Å². The number of terminal acetylenes is 1. The van der Waals surface area contributed by atoms with Crippen LogP contribution in [0, 0.1) is 12.3 Å². The van der Waals surface area contributed by atoms with Gasteiger partial charge in [-0.2, -0.15) is 0 Å². The molecule has 0 fully saturated rings. The molecule has 0 radical (unpaired) electrons. The standard InChI is InChI=1S/C15H20N2O/c1-4-15(2,3)17-14(18)13(16)11-10-12-8-6-5-7-9-12/h1,5-9,13H,10-11,16H2,2-3H3,(H,17,18)/t13-/m0/s1. The lowest BCUT2D eigenvalue weighted by atomic mass is 10.0. The number of rotatable bonds is 5. The van der Waals surface area contributed by atoms with Gasteiger partial charge in [0, 0.05) is 0 Å². The van der Waals surface area contributed by atoms with Gasteiger partial charge in [-0.15, -0.1) is 6.42 Å². The number of nitrogens with two attached hydrogens (primary N) is 1. The predicted molar refractivity (Wildman–Crippen MR) is 73.8 cm³/mol. The summed E-state index contributed by atoms with van der Waals surface area (Å²) in [4.78, 5) is 11.8. The van der Waals surface area contributed by atoms with Crippen molar-refractivity contribution in [1.82, 2.24) is 5.32 Å². The number of hydrogen-bond donors (Lipinski definition) is 2. The SMILES string of the molecule is C#CC(C)(C)NC(=O)[C@@H](N)CCc1ccccc1. The Labute approximate surface area is 109 Å². The summed E-state index contributed by atoms with van der Waals surface area (Å²) in [7, 11) is 0. The summed E-state index contributed by atoms with van der Waals surface area (Å²) >= 11 is 0. The van der Waals surface area contributed by atoms with Gasteiger partial charge in [-0.25, -0.2) is 0 Å². The third kappa shape index (κ3) is 4.60. The van der Waals surface area contributed by atoms with E-state index in [9.17, 15) is 4.79 Å². The van der Waals surface area contributed by atoms with Crippen molar-refractivity contribution < 1.29 is 4.79 Å². The van der Waals surface area contributed by atoms with Crippen molar-refractivity contribution in [1.29, 1.82) is 0 Å². The van der Waals surface area contributed by atoms with Crippen LogP contribution in [0.25, 0.3) is 0 Å². The molecule has 0 saturated heterocycles. The summed E-state index contributed by atoms with van der Waals surface area (Å²) in [5.41, 5.74) is 6.37. The molecule has 1 aromatic carbocycles. The number of carbonyl (C=O) groups is 1. The summed E-state index contributed by atoms with van der Waals surface area (Å²) in [5.74, 6) is 2.31. The number of hydrogen-bond acceptors (Lipinski definition) is 2. The van der Waals surface area contributed by atoms with E-state index in [1.54, 1.807) is 13.8 Å². The van der Waals surface area contributed by atoms with Crippen molar-refractivity contribution >= 4 is 5.91 Å². The largest absolute Gasteiger partial charge is 0.339 e. The van der Waals surface area contributed by atoms with Crippen LogP contribution in [-0.4, -0.2) is 17.5 Å². The monoisotopic (exact) mass is 244 g/mol. The van der Waals surface area contributed by atoms with Crippen LogP contribution >= 0.6 is 0 Å². The second kappa shape index (κ2) is 6.23. The molecule has 96 valence electrons. The summed E-state index contributed by atoms with van der Waals surface area (Å²) < 4.78 is 0. The minimum atomic E-state index is -0.651. The molecule has 0 aromatic heterocycles. The second-order valence-corrected chi connectivity index (χ2v) is 4.89. The predicted octanol–water partition coefficient (Wildman–Crippen LogP) is 1.47. The average Bonchev–Trinajstić information content (AvgIpc) is 2.36. The Hall–Kier alpha value is -1.79. The zero-order valence-electron chi connectivity index (χ0n) is 10.9. The maximum atomic E-state index is 11.8. The second-order valence-electron chi connectivity index (χ2n) is 4.89. The van der Waals surface area contributed by atoms with Crippen molar-refractivity contribution in [3.63, 3.8) is 0 Å². The quantitative estimate of drug-likeness (QED) is 0.771. The number of benzene rings is 1. The van der Waals surface area contributed by atoms with Gasteiger partial charge in [0.25, 0.3) is 0 Å². The maximum absolute atomic E-state index is 11.8. The van der Waals surface area contributed by atoms with Crippen LogP contribution in [0.15, 0.2) is 30.3 Å². The number of amides is 1. The van der Waals surface area contributed by atoms with Crippen molar-refractivity contribution in [3.8, 4) is 12.3 Å². The summed E-state index contributed by atoms with van der Waals surface area (Å²) in [6.45, 7) is 3.55. The summed E-state index contributed by atoms with van der Waals surface area (Å²) in [6.07, 6.45) is 6.71. The number of nitrogens with one attached hydrogen (secondary N) is 1. The smallest absolute Gasteiger partial charge is 0.238 e. The molecule has 0 aliphatic rings. The lowest BCUT2D eigenvalue weighted by Crippen LogP contribution is -2.49. The zero-order chi connectivity index (χ0) is 13.6. The molecule has 0 spiro atoms. The van der Waals surface area contributed by atoms with Gasteiger partial charge in [0.05, 0.1) is 11.6 Å². The first kappa shape index (κ1) is 14.3. The van der Waals surface area contributed by atoms with Crippen molar-refractivity contribution in [2.45, 2.75) is 38.3 Å². The van der Waals surface area contributed by atoms with Gasteiger partial charge in [0.15, 0.2) is 0 Å². The maximum Gasteiger partial charge on any atom is 0.238 e. The molecule has 0 heterocycles. The fourth-order valence-corrected chi connectivity index (χ4v) is 1.53. The first-order chi connectivity index (χ1) is 8.44. The molecule has 1 atom stereocenters. The van der Waals surface area contributed by atoms with Crippen LogP contribution in [0.3, 0.4) is 0 Å². The Morgan fingerprint density at radius 3 is 2.61 bits per heavy atom. The molecule has 3 nitrogen and oxygen atoms in total. The van der Waals surface area contributed by atoms with Crippen LogP contribution < -0.4 is 11.1 Å². The Bertz CT molecular complexity index is 432. The first-order valence-electron chi connectivity index (χ1n) is 6.04. The van der Waals surface area contributed by atoms with Gasteiger partial charge >= 0.3 is 0 Å². The van der Waals surface area contributed by atoms with E-state index in [0.29, 0.717) is 6.42 Å². The molecule has 3 heteroatoms. The highest BCUT2D eigenvalue weighted by Gasteiger charge is 2.21. The third-order valence-corrected chi connectivity index (χ3v) is 2.72. The lowest BCUT2D eigenvalue weighted by Gasteiger charge is -2.22. The van der Waals surface area contributed by atoms with Crippen LogP contribution in [0.1, 0.15) is 25.8 Å². The van der Waals surface area contributed by atoms with E-state index in [4.69, 9.17) is 12.2 Å². The van der Waals surface area contributed by atoms with E-state index in [-0.39, 0.29) is 5.91 Å². The number of carbonyl (C=O) groups excluding carboxylic acids is 1. The summed E-state index contributed by atoms with van der Waals surface area (Å²) in [5, 5.41) is 2.74. The van der Waals surface area contributed by atoms with E-state index in [1.165, 1.54) is 5.56 Å². The normalized spacial score (nSPS) is 12.6. The minimum absolute atomic E-state index is 0.200. The molecule has 0 saturated carbocycles. The lowest BCUT2D eigenvalue weighted by molar-refractivity contribution is -0.123. The van der Waals surface area contributed by atoms with Gasteiger partial charge in [-0.05, 0) is 32.3 Å². The van der Waals surface area contributed by atoms with Crippen molar-refractivity contribution in [2.24, 2.45) is 5.73 Å². The van der Waals surface area contributed by atoms with Crippen LogP contribution in [-0.2, 0) is 11.2 Å². The van der Waals surface area contributed by atoms with E-state index in [0.717, 1.165) is 6.42 Å². The fourth-order valence-electron chi connectivity index (χ4n) is 1.53. The molecule has 0 aliphatic carbocycles. The molecule has 1 amide bonds. The van der Waals surface area contributed by atoms with Gasteiger partial charge < -0.3 is 11.1 Å². The third-order valence-electron chi connectivity index (χ3n) is 2.72. The Morgan fingerprint density at radius 1 is 1.44 bits per heavy atom. The average molecular weight is 244 g/mol. The van der Waals surface area contributed by atoms with Crippen molar-refractivity contribution in [3.05, 3.63) is 35.9 Å². The Balaban J connectivity index is 2.44. The molecule has 0 bridgehead atoms. The molecule has 0 aliphatic heterocycles. The van der Waals surface area contributed by atoms with E-state index in [1.807, 2.05) is 30.3 Å². The van der Waals surface area contributed by atoms with Crippen molar-refractivity contribution in [2.75, 3.05) is 0 Å². The fraction of sp³-hybridized carbons (Fsp3) is 0.400. The van der Waals surface area contributed by atoms with E-state index < -0.39 is 11.6 Å². The first-order valence-corrected chi connectivity index (χ1v) is 6.04. The topological polar surface area (TPSA) is 55.1 Å². The summed E-state index contributed by atoms with van der Waals surface area (Å²) in [6, 6.07) is 9.43. The van der Waals surface area contributed by atoms with Gasteiger partial charge in [-0.1, -0.05) is 36.3 Å². The van der Waals surface area contributed by atoms with E-state index in [2.05, 4.69) is 11.2 Å². The minimum Gasteiger partial charge on any atom is -0.339 e. The molecule has 1 rings (SSSR count). The van der Waals surface area contributed by atoms with Gasteiger partial charge in [0.2, 0.25) is 5.91 Å². The molecule has 18 heavy (non-hydrogen) atoms. The van der Waals surface area contributed by atoms with Gasteiger partial charge in [-0.3, -0.25) is 4.79 Å². The highest BCUT2D eigenvalue weighted by Crippen LogP contribution is 2.05. The van der Waals surface area contributed by atoms with E-state index >= 15 is 0 Å². The molecular formula is C15H20N2O. The zero-order valence-corrected chi connectivity index (χ0v) is 10.9. The molecule has 1 aromatic rings. The van der Waals surface area contributed by atoms with Gasteiger partial charge in [0.1, 0.15) is 0 Å². The highest BCUT2D eigenvalue weighted by atomic mass is 16.2.